The number of hydrogen-bond donors (Lipinski definition) is 1. The lowest BCUT2D eigenvalue weighted by Gasteiger charge is -2.23. The van der Waals surface area contributed by atoms with Crippen molar-refractivity contribution in [2.75, 3.05) is 43.9 Å². The van der Waals surface area contributed by atoms with E-state index in [0.29, 0.717) is 5.95 Å². The van der Waals surface area contributed by atoms with Gasteiger partial charge < -0.3 is 15.5 Å². The first-order valence-electron chi connectivity index (χ1n) is 5.88. The summed E-state index contributed by atoms with van der Waals surface area (Å²) in [5, 5.41) is 0. The third-order valence-corrected chi connectivity index (χ3v) is 3.62. The summed E-state index contributed by atoms with van der Waals surface area (Å²) in [7, 11) is 2.03. The van der Waals surface area contributed by atoms with Crippen molar-refractivity contribution in [2.45, 2.75) is 12.8 Å². The standard InChI is InChI=1S/C11H18BrN5/c1-16(6-7-17-4-2-3-5-17)10-9(12)8-14-11(13)15-10/h8H,2-7H2,1H3,(H2,13,14,15). The first kappa shape index (κ1) is 12.6. The van der Waals surface area contributed by atoms with Crippen LogP contribution in [-0.2, 0) is 0 Å². The molecular formula is C11H18BrN5. The summed E-state index contributed by atoms with van der Waals surface area (Å²) < 4.78 is 0.885. The monoisotopic (exact) mass is 299 g/mol. The molecule has 0 unspecified atom stereocenters. The van der Waals surface area contributed by atoms with E-state index in [1.807, 2.05) is 7.05 Å². The van der Waals surface area contributed by atoms with E-state index >= 15 is 0 Å². The fraction of sp³-hybridized carbons (Fsp3) is 0.636. The second kappa shape index (κ2) is 5.64. The molecule has 1 aromatic rings. The lowest BCUT2D eigenvalue weighted by molar-refractivity contribution is 0.346. The highest BCUT2D eigenvalue weighted by atomic mass is 79.9. The molecule has 17 heavy (non-hydrogen) atoms. The zero-order chi connectivity index (χ0) is 12.3. The van der Waals surface area contributed by atoms with Crippen LogP contribution in [0, 0.1) is 0 Å². The van der Waals surface area contributed by atoms with Gasteiger partial charge in [0, 0.05) is 26.3 Å². The van der Waals surface area contributed by atoms with Gasteiger partial charge in [-0.3, -0.25) is 0 Å². The van der Waals surface area contributed by atoms with Gasteiger partial charge >= 0.3 is 0 Å². The number of hydrogen-bond acceptors (Lipinski definition) is 5. The molecule has 0 amide bonds. The van der Waals surface area contributed by atoms with E-state index in [1.165, 1.54) is 25.9 Å². The van der Waals surface area contributed by atoms with E-state index in [1.54, 1.807) is 6.20 Å². The summed E-state index contributed by atoms with van der Waals surface area (Å²) in [6.07, 6.45) is 4.35. The van der Waals surface area contributed by atoms with Crippen molar-refractivity contribution >= 4 is 27.7 Å². The fourth-order valence-corrected chi connectivity index (χ4v) is 2.54. The van der Waals surface area contributed by atoms with E-state index in [2.05, 4.69) is 35.7 Å². The van der Waals surface area contributed by atoms with Crippen molar-refractivity contribution in [3.63, 3.8) is 0 Å². The zero-order valence-electron chi connectivity index (χ0n) is 10.1. The van der Waals surface area contributed by atoms with Gasteiger partial charge in [-0.05, 0) is 41.9 Å². The van der Waals surface area contributed by atoms with Crippen LogP contribution < -0.4 is 10.6 Å². The van der Waals surface area contributed by atoms with Gasteiger partial charge in [0.15, 0.2) is 0 Å². The Morgan fingerprint density at radius 3 is 2.88 bits per heavy atom. The van der Waals surface area contributed by atoms with E-state index in [4.69, 9.17) is 5.73 Å². The van der Waals surface area contributed by atoms with E-state index in [9.17, 15) is 0 Å². The molecule has 1 aromatic heterocycles. The summed E-state index contributed by atoms with van der Waals surface area (Å²) in [6, 6.07) is 0. The molecule has 2 heterocycles. The van der Waals surface area contributed by atoms with Crippen LogP contribution in [0.15, 0.2) is 10.7 Å². The maximum atomic E-state index is 5.60. The Kier molecular flexibility index (Phi) is 4.17. The molecule has 6 heteroatoms. The van der Waals surface area contributed by atoms with Crippen molar-refractivity contribution in [1.82, 2.24) is 14.9 Å². The van der Waals surface area contributed by atoms with E-state index in [0.717, 1.165) is 23.4 Å². The van der Waals surface area contributed by atoms with Crippen molar-refractivity contribution in [2.24, 2.45) is 0 Å². The minimum absolute atomic E-state index is 0.316. The Labute approximate surface area is 110 Å². The predicted octanol–water partition coefficient (Wildman–Crippen LogP) is 1.35. The van der Waals surface area contributed by atoms with Gasteiger partial charge in [0.2, 0.25) is 5.95 Å². The van der Waals surface area contributed by atoms with Gasteiger partial charge in [0.1, 0.15) is 5.82 Å². The summed E-state index contributed by atoms with van der Waals surface area (Å²) >= 11 is 3.45. The molecule has 1 fully saturated rings. The number of nitrogen functional groups attached to an aromatic ring is 1. The molecule has 0 saturated carbocycles. The molecular weight excluding hydrogens is 282 g/mol. The lowest BCUT2D eigenvalue weighted by atomic mass is 10.4. The maximum Gasteiger partial charge on any atom is 0.222 e. The lowest BCUT2D eigenvalue weighted by Crippen LogP contribution is -2.32. The third kappa shape index (κ3) is 3.29. The number of halogens is 1. The van der Waals surface area contributed by atoms with Crippen LogP contribution in [0.25, 0.3) is 0 Å². The molecule has 1 aliphatic rings. The van der Waals surface area contributed by atoms with E-state index in [-0.39, 0.29) is 0 Å². The molecule has 0 aromatic carbocycles. The minimum Gasteiger partial charge on any atom is -0.368 e. The molecule has 0 atom stereocenters. The van der Waals surface area contributed by atoms with Crippen molar-refractivity contribution in [3.8, 4) is 0 Å². The van der Waals surface area contributed by atoms with Crippen LogP contribution in [0.2, 0.25) is 0 Å². The van der Waals surface area contributed by atoms with Crippen molar-refractivity contribution in [3.05, 3.63) is 10.7 Å². The number of rotatable bonds is 4. The molecule has 0 radical (unpaired) electrons. The van der Waals surface area contributed by atoms with Gasteiger partial charge in [0.25, 0.3) is 0 Å². The summed E-state index contributed by atoms with van der Waals surface area (Å²) in [6.45, 7) is 4.48. The number of nitrogens with zero attached hydrogens (tertiary/aromatic N) is 4. The highest BCUT2D eigenvalue weighted by Crippen LogP contribution is 2.22. The summed E-state index contributed by atoms with van der Waals surface area (Å²) in [5.41, 5.74) is 5.60. The second-order valence-electron chi connectivity index (χ2n) is 4.37. The van der Waals surface area contributed by atoms with Gasteiger partial charge in [-0.1, -0.05) is 0 Å². The fourth-order valence-electron chi connectivity index (χ4n) is 2.04. The molecule has 1 saturated heterocycles. The normalized spacial score (nSPS) is 16.4. The van der Waals surface area contributed by atoms with Crippen LogP contribution >= 0.6 is 15.9 Å². The molecule has 0 bridgehead atoms. The summed E-state index contributed by atoms with van der Waals surface area (Å²) in [4.78, 5) is 12.8. The Morgan fingerprint density at radius 1 is 1.47 bits per heavy atom. The maximum absolute atomic E-state index is 5.60. The molecule has 1 aliphatic heterocycles. The Hall–Kier alpha value is -0.880. The molecule has 5 nitrogen and oxygen atoms in total. The summed E-state index contributed by atoms with van der Waals surface area (Å²) in [5.74, 6) is 1.17. The second-order valence-corrected chi connectivity index (χ2v) is 5.22. The zero-order valence-corrected chi connectivity index (χ0v) is 11.7. The highest BCUT2D eigenvalue weighted by molar-refractivity contribution is 9.10. The number of aromatic nitrogens is 2. The number of likely N-dealkylation sites (N-methyl/N-ethyl adjacent to an activating group) is 1. The van der Waals surface area contributed by atoms with Crippen LogP contribution in [0.5, 0.6) is 0 Å². The van der Waals surface area contributed by atoms with Crippen LogP contribution in [0.4, 0.5) is 11.8 Å². The number of likely N-dealkylation sites (tertiary alicyclic amines) is 1. The minimum atomic E-state index is 0.316. The largest absolute Gasteiger partial charge is 0.368 e. The van der Waals surface area contributed by atoms with Crippen molar-refractivity contribution in [1.29, 1.82) is 0 Å². The highest BCUT2D eigenvalue weighted by Gasteiger charge is 2.14. The van der Waals surface area contributed by atoms with Gasteiger partial charge in [-0.25, -0.2) is 4.98 Å². The average Bonchev–Trinajstić information content (AvgIpc) is 2.82. The van der Waals surface area contributed by atoms with Gasteiger partial charge in [-0.2, -0.15) is 4.98 Å². The van der Waals surface area contributed by atoms with Gasteiger partial charge in [-0.15, -0.1) is 0 Å². The smallest absolute Gasteiger partial charge is 0.222 e. The third-order valence-electron chi connectivity index (χ3n) is 3.06. The van der Waals surface area contributed by atoms with Crippen LogP contribution in [0.3, 0.4) is 0 Å². The van der Waals surface area contributed by atoms with Crippen LogP contribution in [-0.4, -0.2) is 48.1 Å². The molecule has 0 spiro atoms. The topological polar surface area (TPSA) is 58.3 Å². The Balaban J connectivity index is 1.93. The number of anilines is 2. The Bertz CT molecular complexity index is 378. The molecule has 0 aliphatic carbocycles. The first-order chi connectivity index (χ1) is 8.16. The number of nitrogens with two attached hydrogens (primary N) is 1. The van der Waals surface area contributed by atoms with E-state index < -0.39 is 0 Å². The molecule has 94 valence electrons. The van der Waals surface area contributed by atoms with Crippen molar-refractivity contribution < 1.29 is 0 Å². The SMILES string of the molecule is CN(CCN1CCCC1)c1nc(N)ncc1Br. The molecule has 2 N–H and O–H groups in total. The Morgan fingerprint density at radius 2 is 2.18 bits per heavy atom. The van der Waals surface area contributed by atoms with Crippen LogP contribution in [0.1, 0.15) is 12.8 Å². The quantitative estimate of drug-likeness (QED) is 0.909. The average molecular weight is 300 g/mol. The van der Waals surface area contributed by atoms with Gasteiger partial charge in [0.05, 0.1) is 4.47 Å². The predicted molar refractivity (Wildman–Crippen MR) is 73.1 cm³/mol. The molecule has 2 rings (SSSR count). The first-order valence-corrected chi connectivity index (χ1v) is 6.67.